The first-order chi connectivity index (χ1) is 7.50. The molecule has 16 heavy (non-hydrogen) atoms. The van der Waals surface area contributed by atoms with Crippen molar-refractivity contribution in [2.45, 2.75) is 13.8 Å². The van der Waals surface area contributed by atoms with Gasteiger partial charge in [-0.3, -0.25) is 0 Å². The van der Waals surface area contributed by atoms with E-state index in [-0.39, 0.29) is 0 Å². The second-order valence-corrected chi connectivity index (χ2v) is 4.43. The van der Waals surface area contributed by atoms with Gasteiger partial charge >= 0.3 is 0 Å². The van der Waals surface area contributed by atoms with E-state index in [2.05, 4.69) is 56.4 Å². The van der Waals surface area contributed by atoms with E-state index in [4.69, 9.17) is 0 Å². The summed E-state index contributed by atoms with van der Waals surface area (Å²) in [5.41, 5.74) is 6.96. The van der Waals surface area contributed by atoms with Gasteiger partial charge < -0.3 is 4.90 Å². The third-order valence-electron chi connectivity index (χ3n) is 2.97. The van der Waals surface area contributed by atoms with Crippen LogP contribution >= 0.6 is 0 Å². The Morgan fingerprint density at radius 3 is 2.62 bits per heavy atom. The van der Waals surface area contributed by atoms with Crippen molar-refractivity contribution in [1.82, 2.24) is 0 Å². The smallest absolute Gasteiger partial charge is 0.0486 e. The van der Waals surface area contributed by atoms with Gasteiger partial charge in [0.05, 0.1) is 0 Å². The summed E-state index contributed by atoms with van der Waals surface area (Å²) in [7, 11) is 2.06. The molecule has 1 nitrogen and oxygen atoms in total. The minimum atomic E-state index is 1.06. The third-order valence-corrected chi connectivity index (χ3v) is 2.97. The van der Waals surface area contributed by atoms with Gasteiger partial charge in [0, 0.05) is 30.1 Å². The quantitative estimate of drug-likeness (QED) is 0.680. The molecule has 0 aliphatic carbocycles. The summed E-state index contributed by atoms with van der Waals surface area (Å²) in [5.74, 6) is 0. The number of rotatable bonds is 1. The Kier molecular flexibility index (Phi) is 2.47. The topological polar surface area (TPSA) is 3.24 Å². The van der Waals surface area contributed by atoms with Gasteiger partial charge in [-0.15, -0.1) is 0 Å². The van der Waals surface area contributed by atoms with Gasteiger partial charge in [0.2, 0.25) is 0 Å². The van der Waals surface area contributed by atoms with E-state index >= 15 is 0 Å². The monoisotopic (exact) mass is 211 g/mol. The highest BCUT2D eigenvalue weighted by Crippen LogP contribution is 2.38. The zero-order valence-electron chi connectivity index (χ0n) is 10.2. The fourth-order valence-corrected chi connectivity index (χ4v) is 2.04. The molecule has 0 bridgehead atoms. The first-order valence-corrected chi connectivity index (χ1v) is 5.41. The molecular formula is C15H17N. The molecule has 0 N–H and O–H groups in total. The first kappa shape index (κ1) is 10.7. The summed E-state index contributed by atoms with van der Waals surface area (Å²) in [6, 6.07) is 6.45. The number of hydrogen-bond acceptors (Lipinski definition) is 1. The van der Waals surface area contributed by atoms with Gasteiger partial charge in [-0.1, -0.05) is 25.3 Å². The minimum absolute atomic E-state index is 1.06. The van der Waals surface area contributed by atoms with E-state index < -0.39 is 0 Å². The average Bonchev–Trinajstić information content (AvgIpc) is 2.22. The number of fused-ring (bicyclic) bond motifs is 1. The summed E-state index contributed by atoms with van der Waals surface area (Å²) < 4.78 is 0. The van der Waals surface area contributed by atoms with Crippen LogP contribution in [0.3, 0.4) is 0 Å². The molecule has 0 saturated carbocycles. The maximum absolute atomic E-state index is 4.17. The van der Waals surface area contributed by atoms with Crippen LogP contribution in [0.5, 0.6) is 0 Å². The third kappa shape index (κ3) is 1.58. The highest BCUT2D eigenvalue weighted by Gasteiger charge is 2.18. The molecule has 0 radical (unpaired) electrons. The first-order valence-electron chi connectivity index (χ1n) is 5.41. The van der Waals surface area contributed by atoms with Gasteiger partial charge in [0.1, 0.15) is 0 Å². The Labute approximate surface area is 97.4 Å². The van der Waals surface area contributed by atoms with E-state index in [1.54, 1.807) is 0 Å². The Morgan fingerprint density at radius 2 is 2.00 bits per heavy atom. The maximum atomic E-state index is 4.17. The molecule has 1 aromatic rings. The molecule has 2 rings (SSSR count). The predicted octanol–water partition coefficient (Wildman–Crippen LogP) is 3.92. The van der Waals surface area contributed by atoms with Crippen molar-refractivity contribution in [3.8, 4) is 0 Å². The molecule has 1 aliphatic rings. The molecule has 0 spiro atoms. The Hall–Kier alpha value is -1.76. The van der Waals surface area contributed by atoms with Gasteiger partial charge in [-0.25, -0.2) is 0 Å². The second kappa shape index (κ2) is 3.67. The molecule has 1 aliphatic heterocycles. The molecule has 0 unspecified atom stereocenters. The van der Waals surface area contributed by atoms with Crippen LogP contribution in [0.1, 0.15) is 18.1 Å². The van der Waals surface area contributed by atoms with Gasteiger partial charge in [-0.2, -0.15) is 0 Å². The van der Waals surface area contributed by atoms with Crippen molar-refractivity contribution >= 4 is 11.3 Å². The number of benzene rings is 1. The highest BCUT2D eigenvalue weighted by atomic mass is 15.1. The highest BCUT2D eigenvalue weighted by molar-refractivity contribution is 5.91. The average molecular weight is 211 g/mol. The molecule has 0 atom stereocenters. The fraction of sp³-hybridized carbons (Fsp3) is 0.200. The lowest BCUT2D eigenvalue weighted by molar-refractivity contribution is 1.15. The Bertz CT molecular complexity index is 506. The van der Waals surface area contributed by atoms with Gasteiger partial charge in [-0.05, 0) is 36.6 Å². The summed E-state index contributed by atoms with van der Waals surface area (Å²) in [5, 5.41) is 0. The Morgan fingerprint density at radius 1 is 1.31 bits per heavy atom. The van der Waals surface area contributed by atoms with Crippen LogP contribution in [0.2, 0.25) is 0 Å². The van der Waals surface area contributed by atoms with Crippen LogP contribution in [0, 0.1) is 6.92 Å². The molecule has 1 heteroatoms. The van der Waals surface area contributed by atoms with E-state index in [1.807, 2.05) is 6.92 Å². The molecule has 1 aromatic carbocycles. The number of nitrogens with zero attached hydrogens (tertiary/aromatic N) is 1. The minimum Gasteiger partial charge on any atom is -0.350 e. The summed E-state index contributed by atoms with van der Waals surface area (Å²) in [4.78, 5) is 2.14. The molecule has 82 valence electrons. The largest absolute Gasteiger partial charge is 0.350 e. The van der Waals surface area contributed by atoms with Crippen LogP contribution in [0.15, 0.2) is 48.7 Å². The zero-order valence-corrected chi connectivity index (χ0v) is 10.2. The lowest BCUT2D eigenvalue weighted by Gasteiger charge is -2.28. The maximum Gasteiger partial charge on any atom is 0.0486 e. The number of anilines is 1. The Balaban J connectivity index is 2.59. The summed E-state index contributed by atoms with van der Waals surface area (Å²) in [6.07, 6.45) is 2.10. The normalized spacial score (nSPS) is 14.6. The molecule has 1 heterocycles. The molecule has 0 saturated heterocycles. The number of aryl methyl sites for hydroxylation is 1. The molecule has 0 aromatic heterocycles. The summed E-state index contributed by atoms with van der Waals surface area (Å²) >= 11 is 0. The van der Waals surface area contributed by atoms with E-state index in [0.717, 1.165) is 16.7 Å². The molecule has 0 fully saturated rings. The van der Waals surface area contributed by atoms with Crippen LogP contribution < -0.4 is 4.90 Å². The van der Waals surface area contributed by atoms with Crippen LogP contribution in [-0.4, -0.2) is 7.05 Å². The number of hydrogen-bond donors (Lipinski definition) is 0. The van der Waals surface area contributed by atoms with Crippen molar-refractivity contribution < 1.29 is 0 Å². The van der Waals surface area contributed by atoms with Crippen molar-refractivity contribution in [1.29, 1.82) is 0 Å². The van der Waals surface area contributed by atoms with Crippen LogP contribution in [0.25, 0.3) is 5.57 Å². The lowest BCUT2D eigenvalue weighted by atomic mass is 9.91. The van der Waals surface area contributed by atoms with Crippen molar-refractivity contribution in [2.75, 3.05) is 11.9 Å². The van der Waals surface area contributed by atoms with Gasteiger partial charge in [0.25, 0.3) is 0 Å². The van der Waals surface area contributed by atoms with E-state index in [1.165, 1.54) is 16.8 Å². The van der Waals surface area contributed by atoms with Crippen molar-refractivity contribution in [3.63, 3.8) is 0 Å². The van der Waals surface area contributed by atoms with Crippen LogP contribution in [0.4, 0.5) is 5.69 Å². The second-order valence-electron chi connectivity index (χ2n) is 4.43. The SMILES string of the molecule is C=C(C)C1=CN(C)c2cc(C)ccc2C1=C. The standard InChI is InChI=1S/C15H17N/c1-10(2)14-9-16(5)15-8-11(3)6-7-13(15)12(14)4/h6-9H,1,4H2,2-3,5H3. The zero-order chi connectivity index (χ0) is 11.9. The van der Waals surface area contributed by atoms with E-state index in [0.29, 0.717) is 0 Å². The lowest BCUT2D eigenvalue weighted by Crippen LogP contribution is -2.16. The van der Waals surface area contributed by atoms with Crippen molar-refractivity contribution in [3.05, 3.63) is 59.8 Å². The van der Waals surface area contributed by atoms with Gasteiger partial charge in [0.15, 0.2) is 0 Å². The molecular weight excluding hydrogens is 194 g/mol. The fourth-order valence-electron chi connectivity index (χ4n) is 2.04. The number of allylic oxidation sites excluding steroid dienone is 3. The van der Waals surface area contributed by atoms with Crippen LogP contribution in [-0.2, 0) is 0 Å². The van der Waals surface area contributed by atoms with Crippen molar-refractivity contribution in [2.24, 2.45) is 0 Å². The predicted molar refractivity (Wildman–Crippen MR) is 71.5 cm³/mol. The molecule has 0 amide bonds. The van der Waals surface area contributed by atoms with E-state index in [9.17, 15) is 0 Å². The summed E-state index contributed by atoms with van der Waals surface area (Å²) in [6.45, 7) is 12.3.